The smallest absolute Gasteiger partial charge is 0.224 e. The van der Waals surface area contributed by atoms with Crippen LogP contribution in [0, 0.1) is 6.92 Å². The van der Waals surface area contributed by atoms with E-state index in [2.05, 4.69) is 36.5 Å². The Labute approximate surface area is 150 Å². The maximum absolute atomic E-state index is 12.4. The lowest BCUT2D eigenvalue weighted by molar-refractivity contribution is -0.120. The highest BCUT2D eigenvalue weighted by Crippen LogP contribution is 2.41. The number of nitrogens with one attached hydrogen (secondary N) is 1. The van der Waals surface area contributed by atoms with Gasteiger partial charge in [0.2, 0.25) is 5.91 Å². The van der Waals surface area contributed by atoms with Crippen molar-refractivity contribution < 1.29 is 9.53 Å². The van der Waals surface area contributed by atoms with Crippen molar-refractivity contribution in [3.8, 4) is 5.75 Å². The second-order valence-electron chi connectivity index (χ2n) is 7.16. The average Bonchev–Trinajstić information content (AvgIpc) is 3.10. The summed E-state index contributed by atoms with van der Waals surface area (Å²) < 4.78 is 5.27. The minimum Gasteiger partial charge on any atom is -0.497 e. The number of rotatable bonds is 6. The number of aryl methyl sites for hydroxylation is 1. The van der Waals surface area contributed by atoms with Gasteiger partial charge in [-0.05, 0) is 43.0 Å². The molecule has 0 bridgehead atoms. The van der Waals surface area contributed by atoms with Crippen LogP contribution in [-0.4, -0.2) is 19.6 Å². The van der Waals surface area contributed by atoms with Crippen molar-refractivity contribution in [2.75, 3.05) is 13.7 Å². The van der Waals surface area contributed by atoms with Crippen LogP contribution < -0.4 is 10.1 Å². The fourth-order valence-electron chi connectivity index (χ4n) is 3.90. The summed E-state index contributed by atoms with van der Waals surface area (Å²) in [6.07, 6.45) is 5.15. The van der Waals surface area contributed by atoms with Gasteiger partial charge in [0, 0.05) is 12.0 Å². The molecule has 0 unspecified atom stereocenters. The van der Waals surface area contributed by atoms with Crippen LogP contribution in [0.1, 0.15) is 42.4 Å². The number of hydrogen-bond donors (Lipinski definition) is 1. The molecule has 0 saturated heterocycles. The molecule has 0 aliphatic heterocycles. The van der Waals surface area contributed by atoms with Crippen molar-refractivity contribution in [1.82, 2.24) is 5.32 Å². The van der Waals surface area contributed by atoms with Gasteiger partial charge in [0.1, 0.15) is 5.75 Å². The fourth-order valence-corrected chi connectivity index (χ4v) is 3.90. The Morgan fingerprint density at radius 2 is 1.84 bits per heavy atom. The van der Waals surface area contributed by atoms with Crippen molar-refractivity contribution in [1.29, 1.82) is 0 Å². The third-order valence-corrected chi connectivity index (χ3v) is 5.33. The molecule has 0 aromatic heterocycles. The third-order valence-electron chi connectivity index (χ3n) is 5.33. The van der Waals surface area contributed by atoms with Gasteiger partial charge in [-0.3, -0.25) is 4.79 Å². The van der Waals surface area contributed by atoms with Crippen LogP contribution in [0.5, 0.6) is 5.75 Å². The molecule has 132 valence electrons. The van der Waals surface area contributed by atoms with Crippen molar-refractivity contribution in [3.05, 3.63) is 65.2 Å². The van der Waals surface area contributed by atoms with E-state index in [0.717, 1.165) is 24.2 Å². The minimum atomic E-state index is 0.0640. The third kappa shape index (κ3) is 4.22. The lowest BCUT2D eigenvalue weighted by atomic mass is 9.78. The molecular weight excluding hydrogens is 310 g/mol. The summed E-state index contributed by atoms with van der Waals surface area (Å²) in [7, 11) is 1.69. The predicted octanol–water partition coefficient (Wildman–Crippen LogP) is 4.17. The molecule has 0 spiro atoms. The summed E-state index contributed by atoms with van der Waals surface area (Å²) in [6.45, 7) is 2.77. The van der Waals surface area contributed by atoms with Crippen molar-refractivity contribution in [2.45, 2.75) is 44.4 Å². The molecule has 1 aliphatic rings. The Bertz CT molecular complexity index is 715. The quantitative estimate of drug-likeness (QED) is 0.859. The van der Waals surface area contributed by atoms with E-state index in [4.69, 9.17) is 4.74 Å². The summed E-state index contributed by atoms with van der Waals surface area (Å²) >= 11 is 0. The van der Waals surface area contributed by atoms with Crippen molar-refractivity contribution in [2.24, 2.45) is 0 Å². The average molecular weight is 337 g/mol. The Hall–Kier alpha value is -2.29. The number of carbonyl (C=O) groups excluding carboxylic acids is 1. The molecular formula is C22H27NO2. The standard InChI is InChI=1S/C22H27NO2/c1-17-6-5-7-18(14-17)15-21(24)23-16-22(12-3-4-13-22)19-8-10-20(25-2)11-9-19/h5-11,14H,3-4,12-13,15-16H2,1-2H3,(H,23,24). The first-order valence-corrected chi connectivity index (χ1v) is 9.08. The lowest BCUT2D eigenvalue weighted by Crippen LogP contribution is -2.39. The Kier molecular flexibility index (Phi) is 5.42. The zero-order valence-corrected chi connectivity index (χ0v) is 15.2. The van der Waals surface area contributed by atoms with Gasteiger partial charge in [-0.2, -0.15) is 0 Å². The highest BCUT2D eigenvalue weighted by Gasteiger charge is 2.35. The molecule has 2 aromatic carbocycles. The molecule has 1 aliphatic carbocycles. The summed E-state index contributed by atoms with van der Waals surface area (Å²) in [5, 5.41) is 3.19. The van der Waals surface area contributed by atoms with Gasteiger partial charge < -0.3 is 10.1 Å². The number of carbonyl (C=O) groups is 1. The van der Waals surface area contributed by atoms with Crippen molar-refractivity contribution >= 4 is 5.91 Å². The van der Waals surface area contributed by atoms with E-state index in [1.807, 2.05) is 24.3 Å². The first-order chi connectivity index (χ1) is 12.1. The maximum atomic E-state index is 12.4. The Morgan fingerprint density at radius 3 is 2.48 bits per heavy atom. The van der Waals surface area contributed by atoms with Gasteiger partial charge in [0.25, 0.3) is 0 Å². The van der Waals surface area contributed by atoms with E-state index >= 15 is 0 Å². The number of hydrogen-bond acceptors (Lipinski definition) is 2. The van der Waals surface area contributed by atoms with E-state index in [1.165, 1.54) is 24.0 Å². The molecule has 0 heterocycles. The molecule has 1 fully saturated rings. The highest BCUT2D eigenvalue weighted by atomic mass is 16.5. The van der Waals surface area contributed by atoms with E-state index in [9.17, 15) is 4.79 Å². The molecule has 3 nitrogen and oxygen atoms in total. The second-order valence-corrected chi connectivity index (χ2v) is 7.16. The van der Waals surface area contributed by atoms with E-state index in [0.29, 0.717) is 13.0 Å². The van der Waals surface area contributed by atoms with Gasteiger partial charge >= 0.3 is 0 Å². The summed E-state index contributed by atoms with van der Waals surface area (Å²) in [5.74, 6) is 0.978. The second kappa shape index (κ2) is 7.73. The molecule has 1 amide bonds. The molecule has 3 heteroatoms. The first kappa shape index (κ1) is 17.5. The molecule has 3 rings (SSSR count). The van der Waals surface area contributed by atoms with Gasteiger partial charge in [-0.1, -0.05) is 54.8 Å². The number of amides is 1. The highest BCUT2D eigenvalue weighted by molar-refractivity contribution is 5.78. The fraction of sp³-hybridized carbons (Fsp3) is 0.409. The predicted molar refractivity (Wildman–Crippen MR) is 101 cm³/mol. The molecule has 1 saturated carbocycles. The van der Waals surface area contributed by atoms with E-state index in [-0.39, 0.29) is 11.3 Å². The molecule has 0 atom stereocenters. The van der Waals surface area contributed by atoms with Crippen LogP contribution >= 0.6 is 0 Å². The van der Waals surface area contributed by atoms with Crippen LogP contribution in [0.15, 0.2) is 48.5 Å². The Morgan fingerprint density at radius 1 is 1.12 bits per heavy atom. The summed E-state index contributed by atoms with van der Waals surface area (Å²) in [5.41, 5.74) is 3.63. The number of methoxy groups -OCH3 is 1. The van der Waals surface area contributed by atoms with Gasteiger partial charge in [-0.25, -0.2) is 0 Å². The van der Waals surface area contributed by atoms with Gasteiger partial charge in [0.15, 0.2) is 0 Å². The van der Waals surface area contributed by atoms with Crippen LogP contribution in [-0.2, 0) is 16.6 Å². The van der Waals surface area contributed by atoms with Crippen molar-refractivity contribution in [3.63, 3.8) is 0 Å². The van der Waals surface area contributed by atoms with Gasteiger partial charge in [0.05, 0.1) is 13.5 Å². The topological polar surface area (TPSA) is 38.3 Å². The number of ether oxygens (including phenoxy) is 1. The maximum Gasteiger partial charge on any atom is 0.224 e. The van der Waals surface area contributed by atoms with E-state index < -0.39 is 0 Å². The normalized spacial score (nSPS) is 15.8. The molecule has 25 heavy (non-hydrogen) atoms. The zero-order valence-electron chi connectivity index (χ0n) is 15.2. The monoisotopic (exact) mass is 337 g/mol. The van der Waals surface area contributed by atoms with E-state index in [1.54, 1.807) is 7.11 Å². The molecule has 2 aromatic rings. The first-order valence-electron chi connectivity index (χ1n) is 9.08. The zero-order chi connectivity index (χ0) is 17.7. The summed E-state index contributed by atoms with van der Waals surface area (Å²) in [4.78, 5) is 12.4. The number of benzene rings is 2. The van der Waals surface area contributed by atoms with Crippen LogP contribution in [0.25, 0.3) is 0 Å². The largest absolute Gasteiger partial charge is 0.497 e. The van der Waals surface area contributed by atoms with Crippen LogP contribution in [0.4, 0.5) is 0 Å². The lowest BCUT2D eigenvalue weighted by Gasteiger charge is -2.30. The summed E-state index contributed by atoms with van der Waals surface area (Å²) in [6, 6.07) is 16.5. The van der Waals surface area contributed by atoms with Crippen LogP contribution in [0.3, 0.4) is 0 Å². The molecule has 0 radical (unpaired) electrons. The SMILES string of the molecule is COc1ccc(C2(CNC(=O)Cc3cccc(C)c3)CCCC2)cc1. The molecule has 1 N–H and O–H groups in total. The Balaban J connectivity index is 1.66. The minimum absolute atomic E-state index is 0.0640. The van der Waals surface area contributed by atoms with Gasteiger partial charge in [-0.15, -0.1) is 0 Å². The van der Waals surface area contributed by atoms with Crippen LogP contribution in [0.2, 0.25) is 0 Å².